The highest BCUT2D eigenvalue weighted by molar-refractivity contribution is 5.95. The molecule has 1 saturated heterocycles. The van der Waals surface area contributed by atoms with Crippen LogP contribution >= 0.6 is 0 Å². The second kappa shape index (κ2) is 2.97. The van der Waals surface area contributed by atoms with Gasteiger partial charge in [0.2, 0.25) is 11.8 Å². The zero-order chi connectivity index (χ0) is 10.3. The lowest BCUT2D eigenvalue weighted by Crippen LogP contribution is -2.66. The molecular weight excluding hydrogens is 180 g/mol. The van der Waals surface area contributed by atoms with Gasteiger partial charge < -0.3 is 10.2 Å². The van der Waals surface area contributed by atoms with Crippen LogP contribution in [0, 0.1) is 0 Å². The molecule has 0 aromatic carbocycles. The standard InChI is InChI=1S/C10H16N2O2/c1-7-9(14)11-6-8(13)12(7)10(2)4-3-5-10/h7H,3-6H2,1-2H3,(H,11,14). The minimum Gasteiger partial charge on any atom is -0.345 e. The molecule has 0 aromatic heterocycles. The Hall–Kier alpha value is -1.06. The molecule has 4 heteroatoms. The molecule has 0 aromatic rings. The van der Waals surface area contributed by atoms with E-state index < -0.39 is 0 Å². The average Bonchev–Trinajstić information content (AvgIpc) is 2.09. The van der Waals surface area contributed by atoms with Gasteiger partial charge in [0, 0.05) is 5.54 Å². The number of hydrogen-bond donors (Lipinski definition) is 1. The first kappa shape index (κ1) is 9.49. The van der Waals surface area contributed by atoms with E-state index in [0.29, 0.717) is 0 Å². The molecule has 1 atom stereocenters. The smallest absolute Gasteiger partial charge is 0.243 e. The minimum absolute atomic E-state index is 0.0299. The summed E-state index contributed by atoms with van der Waals surface area (Å²) in [6.45, 7) is 4.04. The van der Waals surface area contributed by atoms with Crippen LogP contribution in [0.1, 0.15) is 33.1 Å². The first-order chi connectivity index (χ1) is 6.54. The van der Waals surface area contributed by atoms with Crippen molar-refractivity contribution in [3.63, 3.8) is 0 Å². The summed E-state index contributed by atoms with van der Waals surface area (Å²) in [5, 5.41) is 2.60. The maximum atomic E-state index is 11.7. The molecular formula is C10H16N2O2. The summed E-state index contributed by atoms with van der Waals surface area (Å²) in [5.74, 6) is 0.0250. The number of amides is 2. The number of rotatable bonds is 1. The van der Waals surface area contributed by atoms with Gasteiger partial charge in [0.05, 0.1) is 6.54 Å². The van der Waals surface area contributed by atoms with Crippen molar-refractivity contribution in [1.29, 1.82) is 0 Å². The van der Waals surface area contributed by atoms with Crippen molar-refractivity contribution in [2.75, 3.05) is 6.54 Å². The molecule has 0 spiro atoms. The molecule has 0 bridgehead atoms. The Labute approximate surface area is 83.6 Å². The van der Waals surface area contributed by atoms with Crippen molar-refractivity contribution >= 4 is 11.8 Å². The van der Waals surface area contributed by atoms with Crippen molar-refractivity contribution in [2.45, 2.75) is 44.7 Å². The molecule has 1 aliphatic carbocycles. The predicted molar refractivity (Wildman–Crippen MR) is 51.6 cm³/mol. The van der Waals surface area contributed by atoms with Crippen LogP contribution in [0.4, 0.5) is 0 Å². The quantitative estimate of drug-likeness (QED) is 0.654. The maximum Gasteiger partial charge on any atom is 0.243 e. The molecule has 1 saturated carbocycles. The molecule has 2 aliphatic rings. The van der Waals surface area contributed by atoms with Crippen LogP contribution in [-0.2, 0) is 9.59 Å². The molecule has 2 rings (SSSR count). The highest BCUT2D eigenvalue weighted by Gasteiger charge is 2.46. The van der Waals surface area contributed by atoms with Gasteiger partial charge in [-0.3, -0.25) is 9.59 Å². The van der Waals surface area contributed by atoms with Crippen molar-refractivity contribution in [3.8, 4) is 0 Å². The molecule has 4 nitrogen and oxygen atoms in total. The van der Waals surface area contributed by atoms with Gasteiger partial charge in [-0.05, 0) is 33.1 Å². The van der Waals surface area contributed by atoms with Crippen LogP contribution in [0.25, 0.3) is 0 Å². The molecule has 14 heavy (non-hydrogen) atoms. The minimum atomic E-state index is -0.304. The lowest BCUT2D eigenvalue weighted by Gasteiger charge is -2.51. The van der Waals surface area contributed by atoms with E-state index in [0.717, 1.165) is 19.3 Å². The molecule has 1 aliphatic heterocycles. The van der Waals surface area contributed by atoms with E-state index in [4.69, 9.17) is 0 Å². The van der Waals surface area contributed by atoms with E-state index in [1.807, 2.05) is 0 Å². The van der Waals surface area contributed by atoms with Gasteiger partial charge in [-0.15, -0.1) is 0 Å². The lowest BCUT2D eigenvalue weighted by atomic mass is 9.76. The van der Waals surface area contributed by atoms with Crippen LogP contribution in [0.3, 0.4) is 0 Å². The molecule has 1 unspecified atom stereocenters. The lowest BCUT2D eigenvalue weighted by molar-refractivity contribution is -0.155. The van der Waals surface area contributed by atoms with Gasteiger partial charge in [-0.2, -0.15) is 0 Å². The molecule has 1 N–H and O–H groups in total. The number of hydrogen-bond acceptors (Lipinski definition) is 2. The van der Waals surface area contributed by atoms with Crippen molar-refractivity contribution in [1.82, 2.24) is 10.2 Å². The third-order valence-electron chi connectivity index (χ3n) is 3.46. The van der Waals surface area contributed by atoms with E-state index in [1.165, 1.54) is 0 Å². The SMILES string of the molecule is CC1C(=O)NCC(=O)N1C1(C)CCC1. The predicted octanol–water partition coefficient (Wildman–Crippen LogP) is 0.276. The molecule has 2 amide bonds. The Bertz CT molecular complexity index is 284. The van der Waals surface area contributed by atoms with Crippen LogP contribution < -0.4 is 5.32 Å². The van der Waals surface area contributed by atoms with Crippen LogP contribution in [0.15, 0.2) is 0 Å². The van der Waals surface area contributed by atoms with Gasteiger partial charge in [-0.1, -0.05) is 0 Å². The molecule has 0 radical (unpaired) electrons. The summed E-state index contributed by atoms with van der Waals surface area (Å²) in [7, 11) is 0. The summed E-state index contributed by atoms with van der Waals surface area (Å²) in [4.78, 5) is 24.9. The summed E-state index contributed by atoms with van der Waals surface area (Å²) in [6.07, 6.45) is 3.21. The van der Waals surface area contributed by atoms with Gasteiger partial charge >= 0.3 is 0 Å². The van der Waals surface area contributed by atoms with Crippen molar-refractivity contribution < 1.29 is 9.59 Å². The summed E-state index contributed by atoms with van der Waals surface area (Å²) >= 11 is 0. The number of piperazine rings is 1. The van der Waals surface area contributed by atoms with E-state index in [-0.39, 0.29) is 29.9 Å². The largest absolute Gasteiger partial charge is 0.345 e. The van der Waals surface area contributed by atoms with Crippen LogP contribution in [-0.4, -0.2) is 34.8 Å². The van der Waals surface area contributed by atoms with Crippen LogP contribution in [0.2, 0.25) is 0 Å². The first-order valence-electron chi connectivity index (χ1n) is 5.14. The second-order valence-electron chi connectivity index (χ2n) is 4.51. The van der Waals surface area contributed by atoms with Gasteiger partial charge in [0.25, 0.3) is 0 Å². The van der Waals surface area contributed by atoms with E-state index in [1.54, 1.807) is 11.8 Å². The first-order valence-corrected chi connectivity index (χ1v) is 5.14. The average molecular weight is 196 g/mol. The van der Waals surface area contributed by atoms with E-state index in [2.05, 4.69) is 12.2 Å². The summed E-state index contributed by atoms with van der Waals surface area (Å²) in [6, 6.07) is -0.304. The Morgan fingerprint density at radius 2 is 2.07 bits per heavy atom. The fourth-order valence-electron chi connectivity index (χ4n) is 2.43. The van der Waals surface area contributed by atoms with Gasteiger partial charge in [-0.25, -0.2) is 0 Å². The molecule has 78 valence electrons. The third kappa shape index (κ3) is 1.21. The van der Waals surface area contributed by atoms with E-state index in [9.17, 15) is 9.59 Å². The number of carbonyl (C=O) groups is 2. The monoisotopic (exact) mass is 196 g/mol. The summed E-state index contributed by atoms with van der Waals surface area (Å²) in [5.41, 5.74) is -0.0612. The van der Waals surface area contributed by atoms with E-state index >= 15 is 0 Å². The maximum absolute atomic E-state index is 11.7. The third-order valence-corrected chi connectivity index (χ3v) is 3.46. The molecule has 1 heterocycles. The number of nitrogens with zero attached hydrogens (tertiary/aromatic N) is 1. The van der Waals surface area contributed by atoms with Crippen LogP contribution in [0.5, 0.6) is 0 Å². The topological polar surface area (TPSA) is 49.4 Å². The normalized spacial score (nSPS) is 31.0. The zero-order valence-electron chi connectivity index (χ0n) is 8.67. The van der Waals surface area contributed by atoms with Crippen molar-refractivity contribution in [3.05, 3.63) is 0 Å². The summed E-state index contributed by atoms with van der Waals surface area (Å²) < 4.78 is 0. The number of nitrogens with one attached hydrogen (secondary N) is 1. The fraction of sp³-hybridized carbons (Fsp3) is 0.800. The Kier molecular flexibility index (Phi) is 2.01. The zero-order valence-corrected chi connectivity index (χ0v) is 8.67. The molecule has 2 fully saturated rings. The highest BCUT2D eigenvalue weighted by Crippen LogP contribution is 2.39. The van der Waals surface area contributed by atoms with Gasteiger partial charge in [0.15, 0.2) is 0 Å². The highest BCUT2D eigenvalue weighted by atomic mass is 16.2. The fourth-order valence-corrected chi connectivity index (χ4v) is 2.43. The number of carbonyl (C=O) groups excluding carboxylic acids is 2. The van der Waals surface area contributed by atoms with Gasteiger partial charge in [0.1, 0.15) is 6.04 Å². The second-order valence-corrected chi connectivity index (χ2v) is 4.51. The Morgan fingerprint density at radius 3 is 2.57 bits per heavy atom. The van der Waals surface area contributed by atoms with Crippen molar-refractivity contribution in [2.24, 2.45) is 0 Å². The Balaban J connectivity index is 2.21. The Morgan fingerprint density at radius 1 is 1.43 bits per heavy atom.